The highest BCUT2D eigenvalue weighted by molar-refractivity contribution is 5.97. The summed E-state index contributed by atoms with van der Waals surface area (Å²) >= 11 is 0. The van der Waals surface area contributed by atoms with E-state index < -0.39 is 0 Å². The molecule has 7 nitrogen and oxygen atoms in total. The number of benzene rings is 2. The van der Waals surface area contributed by atoms with Crippen molar-refractivity contribution < 1.29 is 0 Å². The van der Waals surface area contributed by atoms with E-state index in [9.17, 15) is 0 Å². The fourth-order valence-corrected chi connectivity index (χ4v) is 5.08. The molecule has 1 aliphatic heterocycles. The summed E-state index contributed by atoms with van der Waals surface area (Å²) in [5.41, 5.74) is 7.16. The summed E-state index contributed by atoms with van der Waals surface area (Å²) in [6.45, 7) is 2.04. The molecule has 1 fully saturated rings. The van der Waals surface area contributed by atoms with E-state index in [-0.39, 0.29) is 6.04 Å². The summed E-state index contributed by atoms with van der Waals surface area (Å²) in [6.07, 6.45) is 9.53. The summed E-state index contributed by atoms with van der Waals surface area (Å²) in [4.78, 5) is 9.33. The molecule has 34 heavy (non-hydrogen) atoms. The van der Waals surface area contributed by atoms with E-state index in [2.05, 4.69) is 91.1 Å². The SMILES string of the molecule is Cn1ccc2ccc(-c3cc(NC(c4cccnn4)C4CCNCC4)cc4nccnc34)cc21. The molecule has 1 aliphatic rings. The van der Waals surface area contributed by atoms with Gasteiger partial charge < -0.3 is 15.2 Å². The maximum absolute atomic E-state index is 4.69. The number of rotatable bonds is 5. The fraction of sp³-hybridized carbons (Fsp3) is 0.259. The van der Waals surface area contributed by atoms with Gasteiger partial charge in [0.05, 0.1) is 22.8 Å². The molecule has 0 bridgehead atoms. The lowest BCUT2D eigenvalue weighted by Crippen LogP contribution is -2.33. The molecule has 1 unspecified atom stereocenters. The number of hydrogen-bond donors (Lipinski definition) is 2. The van der Waals surface area contributed by atoms with Gasteiger partial charge in [-0.3, -0.25) is 9.97 Å². The lowest BCUT2D eigenvalue weighted by Gasteiger charge is -2.31. The van der Waals surface area contributed by atoms with Crippen LogP contribution in [0.3, 0.4) is 0 Å². The molecule has 7 heteroatoms. The second kappa shape index (κ2) is 8.83. The molecule has 1 atom stereocenters. The minimum absolute atomic E-state index is 0.0770. The first-order chi connectivity index (χ1) is 16.8. The number of piperidine rings is 1. The van der Waals surface area contributed by atoms with Crippen molar-refractivity contribution in [3.8, 4) is 11.1 Å². The van der Waals surface area contributed by atoms with Gasteiger partial charge in [0.25, 0.3) is 0 Å². The first-order valence-corrected chi connectivity index (χ1v) is 11.8. The van der Waals surface area contributed by atoms with Gasteiger partial charge >= 0.3 is 0 Å². The number of hydrogen-bond acceptors (Lipinski definition) is 6. The second-order valence-electron chi connectivity index (χ2n) is 9.01. The van der Waals surface area contributed by atoms with Crippen LogP contribution in [-0.2, 0) is 7.05 Å². The molecule has 0 spiro atoms. The highest BCUT2D eigenvalue weighted by Gasteiger charge is 2.26. The molecule has 4 heterocycles. The topological polar surface area (TPSA) is 80.5 Å². The van der Waals surface area contributed by atoms with Crippen molar-refractivity contribution in [3.63, 3.8) is 0 Å². The van der Waals surface area contributed by atoms with Crippen LogP contribution in [0.15, 0.2) is 73.3 Å². The van der Waals surface area contributed by atoms with Crippen LogP contribution >= 0.6 is 0 Å². The van der Waals surface area contributed by atoms with Crippen molar-refractivity contribution in [2.75, 3.05) is 18.4 Å². The number of aromatic nitrogens is 5. The Hall–Kier alpha value is -3.84. The van der Waals surface area contributed by atoms with Gasteiger partial charge in [-0.1, -0.05) is 12.1 Å². The maximum atomic E-state index is 4.69. The van der Waals surface area contributed by atoms with Crippen molar-refractivity contribution in [1.82, 2.24) is 30.0 Å². The normalized spacial score (nSPS) is 15.6. The summed E-state index contributed by atoms with van der Waals surface area (Å²) < 4.78 is 2.15. The predicted octanol–water partition coefficient (Wildman–Crippen LogP) is 4.73. The van der Waals surface area contributed by atoms with Gasteiger partial charge in [0.2, 0.25) is 0 Å². The molecule has 2 aromatic carbocycles. The van der Waals surface area contributed by atoms with E-state index in [0.29, 0.717) is 5.92 Å². The fourth-order valence-electron chi connectivity index (χ4n) is 5.08. The first kappa shape index (κ1) is 20.7. The highest BCUT2D eigenvalue weighted by Crippen LogP contribution is 2.36. The van der Waals surface area contributed by atoms with Crippen molar-refractivity contribution in [2.45, 2.75) is 18.9 Å². The molecule has 0 saturated carbocycles. The largest absolute Gasteiger partial charge is 0.376 e. The monoisotopic (exact) mass is 449 g/mol. The van der Waals surface area contributed by atoms with Crippen LogP contribution in [-0.4, -0.2) is 37.8 Å². The Morgan fingerprint density at radius 2 is 1.88 bits per heavy atom. The maximum Gasteiger partial charge on any atom is 0.0966 e. The van der Waals surface area contributed by atoms with E-state index in [1.54, 1.807) is 18.6 Å². The standard InChI is InChI=1S/C27H27N7/c1-34-14-8-18-4-5-20(15-25(18)34)22-16-21(17-24-27(22)30-13-12-29-24)32-26(19-6-10-28-11-7-19)23-3-2-9-31-33-23/h2-5,8-9,12-17,19,26,28,32H,6-7,10-11H2,1H3. The van der Waals surface area contributed by atoms with Crippen LogP contribution < -0.4 is 10.6 Å². The summed E-state index contributed by atoms with van der Waals surface area (Å²) in [6, 6.07) is 17.1. The Bertz CT molecular complexity index is 1440. The predicted molar refractivity (Wildman–Crippen MR) is 135 cm³/mol. The number of nitrogens with one attached hydrogen (secondary N) is 2. The molecule has 6 rings (SSSR count). The van der Waals surface area contributed by atoms with E-state index in [1.807, 2.05) is 6.07 Å². The third kappa shape index (κ3) is 3.88. The molecule has 2 N–H and O–H groups in total. The Morgan fingerprint density at radius 3 is 2.74 bits per heavy atom. The van der Waals surface area contributed by atoms with Crippen LogP contribution in [0.2, 0.25) is 0 Å². The van der Waals surface area contributed by atoms with Gasteiger partial charge in [-0.15, -0.1) is 0 Å². The zero-order valence-electron chi connectivity index (χ0n) is 19.1. The zero-order valence-corrected chi connectivity index (χ0v) is 19.1. The van der Waals surface area contributed by atoms with E-state index >= 15 is 0 Å². The van der Waals surface area contributed by atoms with E-state index in [4.69, 9.17) is 0 Å². The number of fused-ring (bicyclic) bond motifs is 2. The minimum atomic E-state index is 0.0770. The third-order valence-electron chi connectivity index (χ3n) is 6.86. The Morgan fingerprint density at radius 1 is 1.00 bits per heavy atom. The molecule has 3 aromatic heterocycles. The quantitative estimate of drug-likeness (QED) is 0.404. The number of anilines is 1. The molecule has 1 saturated heterocycles. The minimum Gasteiger partial charge on any atom is -0.376 e. The smallest absolute Gasteiger partial charge is 0.0966 e. The van der Waals surface area contributed by atoms with Gasteiger partial charge in [0.15, 0.2) is 0 Å². The van der Waals surface area contributed by atoms with Crippen molar-refractivity contribution >= 4 is 27.6 Å². The molecule has 0 amide bonds. The average molecular weight is 450 g/mol. The van der Waals surface area contributed by atoms with Crippen molar-refractivity contribution in [2.24, 2.45) is 13.0 Å². The Balaban J connectivity index is 1.45. The molecule has 170 valence electrons. The number of aryl methyl sites for hydroxylation is 1. The summed E-state index contributed by atoms with van der Waals surface area (Å²) in [5, 5.41) is 17.1. The van der Waals surface area contributed by atoms with Gasteiger partial charge in [-0.05, 0) is 79.2 Å². The lowest BCUT2D eigenvalue weighted by molar-refractivity contribution is 0.331. The van der Waals surface area contributed by atoms with Crippen LogP contribution in [0, 0.1) is 5.92 Å². The molecule has 5 aromatic rings. The van der Waals surface area contributed by atoms with Crippen LogP contribution in [0.25, 0.3) is 33.1 Å². The molecule has 0 aliphatic carbocycles. The van der Waals surface area contributed by atoms with Crippen LogP contribution in [0.1, 0.15) is 24.6 Å². The van der Waals surface area contributed by atoms with Crippen LogP contribution in [0.4, 0.5) is 5.69 Å². The first-order valence-electron chi connectivity index (χ1n) is 11.8. The molecule has 0 radical (unpaired) electrons. The van der Waals surface area contributed by atoms with Crippen LogP contribution in [0.5, 0.6) is 0 Å². The van der Waals surface area contributed by atoms with Gasteiger partial charge in [-0.2, -0.15) is 10.2 Å². The molecular formula is C27H27N7. The van der Waals surface area contributed by atoms with E-state index in [0.717, 1.165) is 59.5 Å². The Kier molecular flexibility index (Phi) is 5.39. The lowest BCUT2D eigenvalue weighted by atomic mass is 9.88. The van der Waals surface area contributed by atoms with E-state index in [1.165, 1.54) is 10.9 Å². The highest BCUT2D eigenvalue weighted by atomic mass is 15.1. The zero-order chi connectivity index (χ0) is 22.9. The summed E-state index contributed by atoms with van der Waals surface area (Å²) in [5.74, 6) is 0.471. The average Bonchev–Trinajstić information content (AvgIpc) is 3.27. The number of nitrogens with zero attached hydrogens (tertiary/aromatic N) is 5. The molecular weight excluding hydrogens is 422 g/mol. The second-order valence-corrected chi connectivity index (χ2v) is 9.01. The van der Waals surface area contributed by atoms with Gasteiger partial charge in [-0.25, -0.2) is 0 Å². The van der Waals surface area contributed by atoms with Gasteiger partial charge in [0.1, 0.15) is 0 Å². The van der Waals surface area contributed by atoms with Gasteiger partial charge in [0, 0.05) is 48.6 Å². The third-order valence-corrected chi connectivity index (χ3v) is 6.86. The van der Waals surface area contributed by atoms with Crippen molar-refractivity contribution in [3.05, 3.63) is 79.0 Å². The Labute approximate surface area is 198 Å². The summed E-state index contributed by atoms with van der Waals surface area (Å²) in [7, 11) is 2.08. The van der Waals surface area contributed by atoms with Crippen molar-refractivity contribution in [1.29, 1.82) is 0 Å².